The predicted molar refractivity (Wildman–Crippen MR) is 101 cm³/mol. The van der Waals surface area contributed by atoms with Crippen molar-refractivity contribution in [1.82, 2.24) is 20.0 Å². The zero-order valence-corrected chi connectivity index (χ0v) is 16.5. The summed E-state index contributed by atoms with van der Waals surface area (Å²) in [5, 5.41) is 2.85. The van der Waals surface area contributed by atoms with E-state index in [2.05, 4.69) is 5.32 Å². The maximum absolute atomic E-state index is 13.0. The van der Waals surface area contributed by atoms with E-state index in [0.717, 1.165) is 62.9 Å². The first-order chi connectivity index (χ1) is 13.5. The summed E-state index contributed by atoms with van der Waals surface area (Å²) in [4.78, 5) is 55.8. The Hall–Kier alpha value is -2.12. The first-order valence-corrected chi connectivity index (χ1v) is 10.7. The SMILES string of the molecule is O=C(C1CCCCN1C(=O)CN1C(=O)NC2(CCCCC2)C1=O)N1CCCC1. The maximum atomic E-state index is 13.0. The van der Waals surface area contributed by atoms with Crippen LogP contribution in [-0.4, -0.2) is 76.2 Å². The Balaban J connectivity index is 1.45. The van der Waals surface area contributed by atoms with Gasteiger partial charge in [-0.1, -0.05) is 19.3 Å². The van der Waals surface area contributed by atoms with Crippen LogP contribution in [0.1, 0.15) is 64.2 Å². The van der Waals surface area contributed by atoms with Gasteiger partial charge in [0.25, 0.3) is 5.91 Å². The van der Waals surface area contributed by atoms with Crippen molar-refractivity contribution in [3.05, 3.63) is 0 Å². The number of carbonyl (C=O) groups is 4. The molecule has 1 unspecified atom stereocenters. The summed E-state index contributed by atoms with van der Waals surface area (Å²) in [5.41, 5.74) is -0.817. The van der Waals surface area contributed by atoms with Gasteiger partial charge in [-0.25, -0.2) is 4.79 Å². The molecular formula is C20H30N4O4. The van der Waals surface area contributed by atoms with Crippen LogP contribution in [0.2, 0.25) is 0 Å². The highest BCUT2D eigenvalue weighted by Gasteiger charge is 2.52. The lowest BCUT2D eigenvalue weighted by Gasteiger charge is -2.37. The molecule has 5 amide bonds. The highest BCUT2D eigenvalue weighted by Crippen LogP contribution is 2.33. The van der Waals surface area contributed by atoms with Crippen molar-refractivity contribution >= 4 is 23.8 Å². The number of likely N-dealkylation sites (tertiary alicyclic amines) is 2. The Morgan fingerprint density at radius 2 is 1.61 bits per heavy atom. The molecule has 3 aliphatic heterocycles. The van der Waals surface area contributed by atoms with Gasteiger partial charge in [-0.3, -0.25) is 19.3 Å². The second kappa shape index (κ2) is 7.72. The van der Waals surface area contributed by atoms with Gasteiger partial charge in [0, 0.05) is 19.6 Å². The quantitative estimate of drug-likeness (QED) is 0.735. The Kier molecular flexibility index (Phi) is 5.29. The van der Waals surface area contributed by atoms with Gasteiger partial charge in [0.15, 0.2) is 0 Å². The average Bonchev–Trinajstić information content (AvgIpc) is 3.32. The number of piperidine rings is 1. The van der Waals surface area contributed by atoms with Crippen LogP contribution in [0.3, 0.4) is 0 Å². The summed E-state index contributed by atoms with van der Waals surface area (Å²) >= 11 is 0. The second-order valence-corrected chi connectivity index (χ2v) is 8.60. The average molecular weight is 390 g/mol. The van der Waals surface area contributed by atoms with Crippen LogP contribution in [0.4, 0.5) is 4.79 Å². The summed E-state index contributed by atoms with van der Waals surface area (Å²) in [7, 11) is 0. The first-order valence-electron chi connectivity index (χ1n) is 10.7. The fraction of sp³-hybridized carbons (Fsp3) is 0.800. The fourth-order valence-corrected chi connectivity index (χ4v) is 5.18. The first kappa shape index (κ1) is 19.2. The molecule has 0 aromatic rings. The van der Waals surface area contributed by atoms with Crippen LogP contribution < -0.4 is 5.32 Å². The Morgan fingerprint density at radius 3 is 2.32 bits per heavy atom. The molecule has 154 valence electrons. The molecule has 0 aromatic carbocycles. The van der Waals surface area contributed by atoms with Gasteiger partial charge in [-0.05, 0) is 44.9 Å². The van der Waals surface area contributed by atoms with E-state index < -0.39 is 17.6 Å². The molecule has 0 bridgehead atoms. The van der Waals surface area contributed by atoms with Crippen molar-refractivity contribution < 1.29 is 19.2 Å². The number of urea groups is 1. The van der Waals surface area contributed by atoms with Gasteiger partial charge in [0.2, 0.25) is 11.8 Å². The highest BCUT2D eigenvalue weighted by atomic mass is 16.2. The topological polar surface area (TPSA) is 90.0 Å². The number of carbonyl (C=O) groups excluding carboxylic acids is 4. The van der Waals surface area contributed by atoms with Gasteiger partial charge in [-0.15, -0.1) is 0 Å². The van der Waals surface area contributed by atoms with Gasteiger partial charge >= 0.3 is 6.03 Å². The lowest BCUT2D eigenvalue weighted by molar-refractivity contribution is -0.148. The lowest BCUT2D eigenvalue weighted by Crippen LogP contribution is -2.55. The molecule has 0 aromatic heterocycles. The van der Waals surface area contributed by atoms with Crippen molar-refractivity contribution in [2.75, 3.05) is 26.2 Å². The highest BCUT2D eigenvalue weighted by molar-refractivity contribution is 6.09. The lowest BCUT2D eigenvalue weighted by atomic mass is 9.82. The van der Waals surface area contributed by atoms with Gasteiger partial charge in [-0.2, -0.15) is 0 Å². The number of nitrogens with zero attached hydrogens (tertiary/aromatic N) is 3. The van der Waals surface area contributed by atoms with Crippen molar-refractivity contribution in [2.24, 2.45) is 0 Å². The van der Waals surface area contributed by atoms with E-state index in [0.29, 0.717) is 25.8 Å². The molecule has 28 heavy (non-hydrogen) atoms. The number of hydrogen-bond donors (Lipinski definition) is 1. The minimum atomic E-state index is -0.817. The zero-order chi connectivity index (χ0) is 19.7. The number of nitrogens with one attached hydrogen (secondary N) is 1. The molecule has 1 saturated carbocycles. The minimum Gasteiger partial charge on any atom is -0.341 e. The largest absolute Gasteiger partial charge is 0.341 e. The Labute approximate surface area is 165 Å². The molecule has 3 heterocycles. The molecule has 8 heteroatoms. The summed E-state index contributed by atoms with van der Waals surface area (Å²) in [5.74, 6) is -0.551. The van der Waals surface area contributed by atoms with E-state index >= 15 is 0 Å². The van der Waals surface area contributed by atoms with Crippen molar-refractivity contribution in [1.29, 1.82) is 0 Å². The molecule has 4 fully saturated rings. The van der Waals surface area contributed by atoms with E-state index in [-0.39, 0.29) is 24.3 Å². The molecule has 8 nitrogen and oxygen atoms in total. The van der Waals surface area contributed by atoms with E-state index in [4.69, 9.17) is 0 Å². The van der Waals surface area contributed by atoms with Crippen LogP contribution in [0, 0.1) is 0 Å². The van der Waals surface area contributed by atoms with E-state index in [9.17, 15) is 19.2 Å². The van der Waals surface area contributed by atoms with Crippen LogP contribution >= 0.6 is 0 Å². The molecule has 4 aliphatic rings. The third-order valence-corrected chi connectivity index (χ3v) is 6.77. The van der Waals surface area contributed by atoms with Crippen molar-refractivity contribution in [2.45, 2.75) is 75.8 Å². The number of imide groups is 1. The zero-order valence-electron chi connectivity index (χ0n) is 16.5. The van der Waals surface area contributed by atoms with E-state index in [1.165, 1.54) is 0 Å². The molecule has 1 spiro atoms. The molecule has 1 atom stereocenters. The number of rotatable bonds is 3. The standard InChI is InChI=1S/C20H30N4O4/c25-16(14-24-18(27)20(21-19(24)28)9-3-1-4-10-20)23-13-5-2-8-15(23)17(26)22-11-6-7-12-22/h15H,1-14H2,(H,21,28). The van der Waals surface area contributed by atoms with Crippen LogP contribution in [0.15, 0.2) is 0 Å². The second-order valence-electron chi connectivity index (χ2n) is 8.60. The summed E-state index contributed by atoms with van der Waals surface area (Å²) < 4.78 is 0. The maximum Gasteiger partial charge on any atom is 0.325 e. The monoisotopic (exact) mass is 390 g/mol. The normalized spacial score (nSPS) is 27.4. The molecule has 4 rings (SSSR count). The van der Waals surface area contributed by atoms with Crippen LogP contribution in [-0.2, 0) is 14.4 Å². The molecule has 1 aliphatic carbocycles. The van der Waals surface area contributed by atoms with Gasteiger partial charge < -0.3 is 15.1 Å². The third-order valence-electron chi connectivity index (χ3n) is 6.77. The summed E-state index contributed by atoms with van der Waals surface area (Å²) in [6, 6.07) is -0.927. The van der Waals surface area contributed by atoms with E-state index in [1.54, 1.807) is 4.90 Å². The van der Waals surface area contributed by atoms with Crippen molar-refractivity contribution in [3.63, 3.8) is 0 Å². The predicted octanol–water partition coefficient (Wildman–Crippen LogP) is 1.24. The Morgan fingerprint density at radius 1 is 0.929 bits per heavy atom. The minimum absolute atomic E-state index is 0.0199. The fourth-order valence-electron chi connectivity index (χ4n) is 5.18. The van der Waals surface area contributed by atoms with Gasteiger partial charge in [0.1, 0.15) is 18.1 Å². The molecular weight excluding hydrogens is 360 g/mol. The summed E-state index contributed by atoms with van der Waals surface area (Å²) in [6.45, 7) is 1.76. The number of amides is 5. The summed E-state index contributed by atoms with van der Waals surface area (Å²) in [6.07, 6.45) is 8.61. The smallest absolute Gasteiger partial charge is 0.325 e. The van der Waals surface area contributed by atoms with Crippen molar-refractivity contribution in [3.8, 4) is 0 Å². The molecule has 1 N–H and O–H groups in total. The number of hydrogen-bond acceptors (Lipinski definition) is 4. The van der Waals surface area contributed by atoms with E-state index in [1.807, 2.05) is 4.90 Å². The molecule has 3 saturated heterocycles. The van der Waals surface area contributed by atoms with Gasteiger partial charge in [0.05, 0.1) is 0 Å². The Bertz CT molecular complexity index is 667. The van der Waals surface area contributed by atoms with Crippen LogP contribution in [0.25, 0.3) is 0 Å². The molecule has 0 radical (unpaired) electrons. The third kappa shape index (κ3) is 3.37. The van der Waals surface area contributed by atoms with Crippen LogP contribution in [0.5, 0.6) is 0 Å².